The molecule has 1 aromatic carbocycles. The van der Waals surface area contributed by atoms with E-state index in [4.69, 9.17) is 4.74 Å². The van der Waals surface area contributed by atoms with Crippen LogP contribution < -0.4 is 5.32 Å². The first-order valence-corrected chi connectivity index (χ1v) is 7.26. The minimum Gasteiger partial charge on any atom is -0.374 e. The van der Waals surface area contributed by atoms with Gasteiger partial charge >= 0.3 is 0 Å². The molecule has 1 heterocycles. The lowest BCUT2D eigenvalue weighted by atomic mass is 10.1. The number of nitrogens with zero attached hydrogens (tertiary/aromatic N) is 1. The molecule has 1 saturated heterocycles. The molecule has 100 valence electrons. The third kappa shape index (κ3) is 3.32. The molecule has 3 nitrogen and oxygen atoms in total. The highest BCUT2D eigenvalue weighted by Crippen LogP contribution is 2.28. The molecule has 0 amide bonds. The molecule has 0 radical (unpaired) electrons. The normalized spacial score (nSPS) is 22.9. The van der Waals surface area contributed by atoms with Crippen LogP contribution in [0.3, 0.4) is 0 Å². The molecule has 2 rings (SSSR count). The molecule has 1 aliphatic rings. The second-order valence-corrected chi connectivity index (χ2v) is 5.60. The summed E-state index contributed by atoms with van der Waals surface area (Å²) >= 11 is 3.64. The van der Waals surface area contributed by atoms with E-state index < -0.39 is 0 Å². The van der Waals surface area contributed by atoms with Crippen molar-refractivity contribution in [1.29, 1.82) is 0 Å². The van der Waals surface area contributed by atoms with E-state index in [1.807, 2.05) is 7.05 Å². The molecule has 0 spiro atoms. The number of hydrogen-bond donors (Lipinski definition) is 1. The van der Waals surface area contributed by atoms with Gasteiger partial charge in [0.25, 0.3) is 0 Å². The summed E-state index contributed by atoms with van der Waals surface area (Å²) in [6, 6.07) is 8.88. The summed E-state index contributed by atoms with van der Waals surface area (Å²) in [5.74, 6) is 0. The van der Waals surface area contributed by atoms with Gasteiger partial charge in [0.15, 0.2) is 0 Å². The molecule has 1 fully saturated rings. The average molecular weight is 313 g/mol. The Kier molecular flexibility index (Phi) is 5.18. The van der Waals surface area contributed by atoms with E-state index in [0.29, 0.717) is 12.1 Å². The van der Waals surface area contributed by atoms with Crippen molar-refractivity contribution < 1.29 is 4.74 Å². The molecule has 1 N–H and O–H groups in total. The first-order chi connectivity index (χ1) is 8.72. The maximum atomic E-state index is 5.75. The van der Waals surface area contributed by atoms with Crippen LogP contribution in [-0.2, 0) is 4.74 Å². The Labute approximate surface area is 118 Å². The third-order valence-corrected chi connectivity index (χ3v) is 4.23. The van der Waals surface area contributed by atoms with Crippen molar-refractivity contribution in [2.24, 2.45) is 0 Å². The van der Waals surface area contributed by atoms with Crippen molar-refractivity contribution >= 4 is 15.9 Å². The lowest BCUT2D eigenvalue weighted by molar-refractivity contribution is -0.0394. The van der Waals surface area contributed by atoms with E-state index in [1.165, 1.54) is 10.0 Å². The van der Waals surface area contributed by atoms with Crippen LogP contribution in [0.4, 0.5) is 0 Å². The van der Waals surface area contributed by atoms with Crippen LogP contribution in [0.15, 0.2) is 28.7 Å². The lowest BCUT2D eigenvalue weighted by Gasteiger charge is -2.37. The monoisotopic (exact) mass is 312 g/mol. The maximum absolute atomic E-state index is 5.75. The second-order valence-electron chi connectivity index (χ2n) is 4.74. The van der Waals surface area contributed by atoms with E-state index in [0.717, 1.165) is 26.2 Å². The van der Waals surface area contributed by atoms with Crippen LogP contribution in [0, 0.1) is 0 Å². The summed E-state index contributed by atoms with van der Waals surface area (Å²) in [7, 11) is 1.97. The summed E-state index contributed by atoms with van der Waals surface area (Å²) < 4.78 is 6.94. The first kappa shape index (κ1) is 14.0. The number of rotatable bonds is 4. The van der Waals surface area contributed by atoms with Crippen molar-refractivity contribution in [2.45, 2.75) is 19.1 Å². The van der Waals surface area contributed by atoms with Crippen LogP contribution in [0.5, 0.6) is 0 Å². The molecule has 1 aliphatic heterocycles. The largest absolute Gasteiger partial charge is 0.374 e. The van der Waals surface area contributed by atoms with E-state index in [2.05, 4.69) is 57.3 Å². The zero-order chi connectivity index (χ0) is 13.0. The van der Waals surface area contributed by atoms with E-state index in [1.54, 1.807) is 0 Å². The summed E-state index contributed by atoms with van der Waals surface area (Å²) in [5.41, 5.74) is 1.35. The Hall–Kier alpha value is -0.420. The van der Waals surface area contributed by atoms with E-state index >= 15 is 0 Å². The minimum absolute atomic E-state index is 0.300. The van der Waals surface area contributed by atoms with E-state index in [-0.39, 0.29) is 0 Å². The molecular weight excluding hydrogens is 292 g/mol. The molecule has 0 bridgehead atoms. The highest BCUT2D eigenvalue weighted by molar-refractivity contribution is 9.10. The lowest BCUT2D eigenvalue weighted by Crippen LogP contribution is -2.47. The number of hydrogen-bond acceptors (Lipinski definition) is 3. The fourth-order valence-corrected chi connectivity index (χ4v) is 3.07. The van der Waals surface area contributed by atoms with Gasteiger partial charge in [-0.1, -0.05) is 34.1 Å². The number of likely N-dealkylation sites (N-methyl/N-ethyl adjacent to an activating group) is 1. The van der Waals surface area contributed by atoms with Gasteiger partial charge in [0.05, 0.1) is 12.7 Å². The summed E-state index contributed by atoms with van der Waals surface area (Å²) in [6.45, 7) is 5.99. The molecule has 1 aromatic rings. The third-order valence-electron chi connectivity index (χ3n) is 3.51. The summed E-state index contributed by atoms with van der Waals surface area (Å²) in [4.78, 5) is 2.49. The number of halogens is 1. The van der Waals surface area contributed by atoms with Gasteiger partial charge in [-0.3, -0.25) is 4.90 Å². The van der Waals surface area contributed by atoms with Crippen LogP contribution in [0.1, 0.15) is 18.5 Å². The predicted octanol–water partition coefficient (Wildman–Crippen LogP) is 2.43. The molecule has 0 aromatic heterocycles. The first-order valence-electron chi connectivity index (χ1n) is 6.47. The van der Waals surface area contributed by atoms with Crippen molar-refractivity contribution in [2.75, 3.05) is 33.3 Å². The maximum Gasteiger partial charge on any atom is 0.0826 e. The van der Waals surface area contributed by atoms with Gasteiger partial charge in [-0.2, -0.15) is 0 Å². The van der Waals surface area contributed by atoms with Gasteiger partial charge < -0.3 is 10.1 Å². The number of morpholine rings is 1. The molecule has 0 saturated carbocycles. The molecule has 18 heavy (non-hydrogen) atoms. The predicted molar refractivity (Wildman–Crippen MR) is 77.8 cm³/mol. The Balaban J connectivity index is 2.04. The number of ether oxygens (including phenoxy) is 1. The van der Waals surface area contributed by atoms with Crippen molar-refractivity contribution in [3.05, 3.63) is 34.3 Å². The molecular formula is C14H21BrN2O. The minimum atomic E-state index is 0.300. The van der Waals surface area contributed by atoms with Crippen LogP contribution in [-0.4, -0.2) is 44.3 Å². The molecule has 2 unspecified atom stereocenters. The standard InChI is InChI=1S/C14H21BrN2O/c1-11(13-5-3-4-6-14(13)15)17-7-8-18-12(10-17)9-16-2/h3-6,11-12,16H,7-10H2,1-2H3. The van der Waals surface area contributed by atoms with Gasteiger partial charge in [0.1, 0.15) is 0 Å². The molecule has 2 atom stereocenters. The second kappa shape index (κ2) is 6.66. The number of nitrogens with one attached hydrogen (secondary N) is 1. The zero-order valence-corrected chi connectivity index (χ0v) is 12.6. The smallest absolute Gasteiger partial charge is 0.0826 e. The van der Waals surface area contributed by atoms with Gasteiger partial charge in [-0.05, 0) is 25.6 Å². The Morgan fingerprint density at radius 3 is 3.00 bits per heavy atom. The Morgan fingerprint density at radius 1 is 1.50 bits per heavy atom. The zero-order valence-electron chi connectivity index (χ0n) is 11.0. The average Bonchev–Trinajstić information content (AvgIpc) is 2.39. The SMILES string of the molecule is CNCC1CN(C(C)c2ccccc2Br)CCO1. The molecule has 0 aliphatic carbocycles. The number of benzene rings is 1. The topological polar surface area (TPSA) is 24.5 Å². The Bertz CT molecular complexity index is 384. The fraction of sp³-hybridized carbons (Fsp3) is 0.571. The van der Waals surface area contributed by atoms with Crippen molar-refractivity contribution in [1.82, 2.24) is 10.2 Å². The van der Waals surface area contributed by atoms with Crippen LogP contribution in [0.25, 0.3) is 0 Å². The highest BCUT2D eigenvalue weighted by Gasteiger charge is 2.25. The van der Waals surface area contributed by atoms with Crippen molar-refractivity contribution in [3.8, 4) is 0 Å². The Morgan fingerprint density at radius 2 is 2.28 bits per heavy atom. The van der Waals surface area contributed by atoms with Gasteiger partial charge in [-0.25, -0.2) is 0 Å². The van der Waals surface area contributed by atoms with Crippen LogP contribution in [0.2, 0.25) is 0 Å². The van der Waals surface area contributed by atoms with Gasteiger partial charge in [0.2, 0.25) is 0 Å². The van der Waals surface area contributed by atoms with E-state index in [9.17, 15) is 0 Å². The quantitative estimate of drug-likeness (QED) is 0.924. The highest BCUT2D eigenvalue weighted by atomic mass is 79.9. The summed E-state index contributed by atoms with van der Waals surface area (Å²) in [6.07, 6.45) is 0.300. The van der Waals surface area contributed by atoms with Crippen LogP contribution >= 0.6 is 15.9 Å². The van der Waals surface area contributed by atoms with Gasteiger partial charge in [0, 0.05) is 30.1 Å². The van der Waals surface area contributed by atoms with Gasteiger partial charge in [-0.15, -0.1) is 0 Å². The summed E-state index contributed by atoms with van der Waals surface area (Å²) in [5, 5.41) is 3.19. The fourth-order valence-electron chi connectivity index (χ4n) is 2.46. The van der Waals surface area contributed by atoms with Crippen molar-refractivity contribution in [3.63, 3.8) is 0 Å². The molecule has 4 heteroatoms.